The molecular weight excluding hydrogens is 886 g/mol. The Bertz CT molecular complexity index is 880. The average Bonchev–Trinajstić information content (AvgIpc) is 3.13. The number of halogens is 2. The van der Waals surface area contributed by atoms with E-state index in [1.54, 1.807) is 0 Å². The van der Waals surface area contributed by atoms with Gasteiger partial charge in [0.25, 0.3) is 0 Å². The molecule has 51 heavy (non-hydrogen) atoms. The Morgan fingerprint density at radius 1 is 0.333 bits per heavy atom. The van der Waals surface area contributed by atoms with Gasteiger partial charge in [-0.1, -0.05) is 168 Å². The van der Waals surface area contributed by atoms with E-state index in [1.807, 2.05) is 23.5 Å². The van der Waals surface area contributed by atoms with Crippen LogP contribution in [0.3, 0.4) is 0 Å². The average molecular weight is 967 g/mol. The van der Waals surface area contributed by atoms with E-state index >= 15 is 0 Å². The lowest BCUT2D eigenvalue weighted by atomic mass is 10.0. The van der Waals surface area contributed by atoms with Crippen LogP contribution in [0, 0.1) is 0 Å². The molecule has 2 aromatic rings. The molecule has 2 nitrogen and oxygen atoms in total. The van der Waals surface area contributed by atoms with E-state index in [2.05, 4.69) is 72.0 Å². The Balaban J connectivity index is 0.0000125. The topological polar surface area (TPSA) is 7.76 Å². The number of aryl methyl sites for hydroxylation is 2. The summed E-state index contributed by atoms with van der Waals surface area (Å²) in [5.74, 6) is 2.39. The molecule has 0 spiro atoms. The van der Waals surface area contributed by atoms with E-state index in [0.29, 0.717) is 0 Å². The van der Waals surface area contributed by atoms with Gasteiger partial charge in [0.1, 0.15) is 13.1 Å². The predicted octanol–water partition coefficient (Wildman–Crippen LogP) is 8.51. The zero-order chi connectivity index (χ0) is 34.7. The number of hydrogen-bond acceptors (Lipinski definition) is 2. The summed E-state index contributed by atoms with van der Waals surface area (Å²) in [6, 6.07) is 9.26. The number of aromatic nitrogens is 2. The van der Waals surface area contributed by atoms with E-state index < -0.39 is 0 Å². The van der Waals surface area contributed by atoms with Gasteiger partial charge in [0, 0.05) is 46.9 Å². The number of hydrogen-bond donors (Lipinski definition) is 0. The van der Waals surface area contributed by atoms with Gasteiger partial charge in [-0.05, 0) is 30.8 Å². The molecule has 0 aliphatic heterocycles. The lowest BCUT2D eigenvalue weighted by Gasteiger charge is -2.04. The summed E-state index contributed by atoms with van der Waals surface area (Å²) in [6.07, 6.45) is 50.3. The molecule has 2 rings (SSSR count). The Kier molecular flexibility index (Phi) is 40.5. The third-order valence-corrected chi connectivity index (χ3v) is 12.3. The van der Waals surface area contributed by atoms with Crippen molar-refractivity contribution in [3.8, 4) is 0 Å². The first kappa shape index (κ1) is 51.5. The first-order valence-electron chi connectivity index (χ1n) is 21.6. The fourth-order valence-electron chi connectivity index (χ4n) is 6.79. The normalized spacial score (nSPS) is 11.0. The highest BCUT2D eigenvalue weighted by Crippen LogP contribution is 2.22. The monoisotopic (exact) mass is 966 g/mol. The van der Waals surface area contributed by atoms with Crippen LogP contribution in [-0.2, 0) is 13.1 Å². The largest absolute Gasteiger partial charge is 1.00 e. The summed E-state index contributed by atoms with van der Waals surface area (Å²) >= 11 is 4.01. The van der Waals surface area contributed by atoms with Crippen LogP contribution in [0.1, 0.15) is 200 Å². The van der Waals surface area contributed by atoms with Crippen LogP contribution in [-0.4, -0.2) is 11.5 Å². The summed E-state index contributed by atoms with van der Waals surface area (Å²) < 4.78 is 4.75. The standard InChI is InChI=1S/C45H80N2S2.2HI/c1-3-5-7-9-11-13-15-17-19-21-23-25-27-29-36-46-38-32-44(33-39-46)48-42-31-43-49-45-34-40-47(41-35-45)37-30-28-26-24-22-20-18-16-14-12-10-8-6-4-2;;/h32-35,38-41H,3-31,36-37,42-43H2,1-2H3;2*1H/q+2;;/p-2. The highest BCUT2D eigenvalue weighted by atomic mass is 127. The zero-order valence-electron chi connectivity index (χ0n) is 33.4. The molecule has 0 fully saturated rings. The minimum atomic E-state index is 0. The third kappa shape index (κ3) is 32.4. The Labute approximate surface area is 361 Å². The fraction of sp³-hybridized carbons (Fsp3) is 0.778. The van der Waals surface area contributed by atoms with Gasteiger partial charge in [0.15, 0.2) is 24.8 Å². The Morgan fingerprint density at radius 2 is 0.569 bits per heavy atom. The lowest BCUT2D eigenvalue weighted by Crippen LogP contribution is -3.00. The molecule has 2 heterocycles. The molecular formula is C45H80I2N2S2. The number of pyridine rings is 2. The van der Waals surface area contributed by atoms with E-state index in [-0.39, 0.29) is 48.0 Å². The highest BCUT2D eigenvalue weighted by Gasteiger charge is 2.05. The van der Waals surface area contributed by atoms with E-state index in [4.69, 9.17) is 0 Å². The number of rotatable bonds is 36. The molecule has 6 heteroatoms. The number of unbranched alkanes of at least 4 members (excludes halogenated alkanes) is 26. The van der Waals surface area contributed by atoms with Crippen LogP contribution in [0.15, 0.2) is 58.8 Å². The Hall–Kier alpha value is 0.460. The minimum absolute atomic E-state index is 0. The molecule has 2 aromatic heterocycles. The van der Waals surface area contributed by atoms with Gasteiger partial charge in [-0.3, -0.25) is 0 Å². The predicted molar refractivity (Wildman–Crippen MR) is 220 cm³/mol. The molecule has 0 radical (unpaired) electrons. The molecule has 0 amide bonds. The zero-order valence-corrected chi connectivity index (χ0v) is 39.4. The van der Waals surface area contributed by atoms with Gasteiger partial charge in [0.2, 0.25) is 0 Å². The van der Waals surface area contributed by atoms with Crippen molar-refractivity contribution >= 4 is 23.5 Å². The number of nitrogens with zero attached hydrogens (tertiary/aromatic N) is 2. The molecule has 0 unspecified atom stereocenters. The van der Waals surface area contributed by atoms with Gasteiger partial charge in [-0.25, -0.2) is 9.13 Å². The second-order valence-electron chi connectivity index (χ2n) is 14.8. The van der Waals surface area contributed by atoms with Crippen LogP contribution < -0.4 is 57.1 Å². The summed E-state index contributed by atoms with van der Waals surface area (Å²) in [7, 11) is 0. The lowest BCUT2D eigenvalue weighted by molar-refractivity contribution is -0.697. The van der Waals surface area contributed by atoms with Crippen molar-refractivity contribution in [1.29, 1.82) is 0 Å². The van der Waals surface area contributed by atoms with Gasteiger partial charge < -0.3 is 48.0 Å². The maximum atomic E-state index is 2.38. The molecule has 296 valence electrons. The first-order chi connectivity index (χ1) is 24.3. The van der Waals surface area contributed by atoms with Crippen molar-refractivity contribution in [2.75, 3.05) is 11.5 Å². The van der Waals surface area contributed by atoms with Crippen LogP contribution in [0.4, 0.5) is 0 Å². The van der Waals surface area contributed by atoms with Gasteiger partial charge >= 0.3 is 0 Å². The summed E-state index contributed by atoms with van der Waals surface area (Å²) in [5, 5.41) is 0. The summed E-state index contributed by atoms with van der Waals surface area (Å²) in [4.78, 5) is 2.82. The first-order valence-corrected chi connectivity index (χ1v) is 23.5. The van der Waals surface area contributed by atoms with Gasteiger partial charge in [-0.15, -0.1) is 23.5 Å². The van der Waals surface area contributed by atoms with E-state index in [0.717, 1.165) is 13.1 Å². The second-order valence-corrected chi connectivity index (χ2v) is 17.1. The third-order valence-electron chi connectivity index (χ3n) is 10.1. The van der Waals surface area contributed by atoms with Crippen molar-refractivity contribution in [1.82, 2.24) is 0 Å². The second kappa shape index (κ2) is 40.1. The molecule has 0 saturated carbocycles. The Morgan fingerprint density at radius 3 is 0.824 bits per heavy atom. The molecule has 0 bridgehead atoms. The van der Waals surface area contributed by atoms with Crippen LogP contribution >= 0.6 is 23.5 Å². The highest BCUT2D eigenvalue weighted by molar-refractivity contribution is 8.00. The van der Waals surface area contributed by atoms with Crippen molar-refractivity contribution in [3.63, 3.8) is 0 Å². The summed E-state index contributed by atoms with van der Waals surface area (Å²) in [5.41, 5.74) is 0. The molecule has 0 atom stereocenters. The molecule has 0 N–H and O–H groups in total. The fourth-order valence-corrected chi connectivity index (χ4v) is 8.65. The van der Waals surface area contributed by atoms with Gasteiger partial charge in [0.05, 0.1) is 0 Å². The van der Waals surface area contributed by atoms with Crippen LogP contribution in [0.2, 0.25) is 0 Å². The minimum Gasteiger partial charge on any atom is -1.00 e. The molecule has 0 aliphatic carbocycles. The van der Waals surface area contributed by atoms with Crippen LogP contribution in [0.25, 0.3) is 0 Å². The smallest absolute Gasteiger partial charge is 0.169 e. The van der Waals surface area contributed by atoms with Crippen LogP contribution in [0.5, 0.6) is 0 Å². The molecule has 0 aliphatic rings. The quantitative estimate of drug-likeness (QED) is 0.0293. The van der Waals surface area contributed by atoms with Gasteiger partial charge in [-0.2, -0.15) is 0 Å². The number of thioether (sulfide) groups is 2. The van der Waals surface area contributed by atoms with Crippen molar-refractivity contribution in [3.05, 3.63) is 49.1 Å². The molecule has 0 saturated heterocycles. The molecule has 0 aromatic carbocycles. The van der Waals surface area contributed by atoms with E-state index in [1.165, 1.54) is 208 Å². The summed E-state index contributed by atoms with van der Waals surface area (Å²) in [6.45, 7) is 6.93. The van der Waals surface area contributed by atoms with Crippen molar-refractivity contribution < 1.29 is 57.1 Å². The van der Waals surface area contributed by atoms with E-state index in [9.17, 15) is 0 Å². The maximum Gasteiger partial charge on any atom is 0.169 e. The van der Waals surface area contributed by atoms with Crippen molar-refractivity contribution in [2.45, 2.75) is 223 Å². The maximum absolute atomic E-state index is 2.38. The SMILES string of the molecule is CCCCCCCCCCCCCCCC[n+]1ccc(SCCCSc2cc[n+](CCCCCCCCCCCCCCCC)cc2)cc1.[I-].[I-]. The van der Waals surface area contributed by atoms with Crippen molar-refractivity contribution in [2.24, 2.45) is 0 Å².